The summed E-state index contributed by atoms with van der Waals surface area (Å²) in [5.41, 5.74) is 1.79. The second kappa shape index (κ2) is 6.76. The number of anilines is 1. The Morgan fingerprint density at radius 3 is 2.68 bits per heavy atom. The van der Waals surface area contributed by atoms with Crippen LogP contribution < -0.4 is 5.32 Å². The summed E-state index contributed by atoms with van der Waals surface area (Å²) >= 11 is 3.50. The number of halogens is 1. The monoisotopic (exact) mass is 324 g/mol. The number of hydrogen-bond acceptors (Lipinski definition) is 2. The van der Waals surface area contributed by atoms with Crippen LogP contribution in [0.1, 0.15) is 33.1 Å². The highest BCUT2D eigenvalue weighted by Crippen LogP contribution is 2.33. The molecule has 106 valence electrons. The summed E-state index contributed by atoms with van der Waals surface area (Å²) in [5.74, 6) is 0. The molecule has 0 bridgehead atoms. The Hall–Kier alpha value is -0.540. The van der Waals surface area contributed by atoms with E-state index < -0.39 is 0 Å². The fourth-order valence-electron chi connectivity index (χ4n) is 2.63. The lowest BCUT2D eigenvalue weighted by Gasteiger charge is -2.39. The Labute approximate surface area is 125 Å². The van der Waals surface area contributed by atoms with Crippen LogP contribution in [0.3, 0.4) is 0 Å². The molecule has 0 aromatic heterocycles. The zero-order valence-corrected chi connectivity index (χ0v) is 13.7. The van der Waals surface area contributed by atoms with Gasteiger partial charge in [0.05, 0.1) is 0 Å². The third-order valence-electron chi connectivity index (χ3n) is 4.50. The number of nitrogens with zero attached hydrogens (tertiary/aromatic N) is 1. The van der Waals surface area contributed by atoms with Crippen LogP contribution in [-0.4, -0.2) is 31.1 Å². The van der Waals surface area contributed by atoms with Crippen molar-refractivity contribution in [1.29, 1.82) is 0 Å². The van der Waals surface area contributed by atoms with Crippen molar-refractivity contribution in [2.75, 3.05) is 31.5 Å². The molecule has 2 rings (SSSR count). The lowest BCUT2D eigenvalue weighted by molar-refractivity contribution is 0.118. The summed E-state index contributed by atoms with van der Waals surface area (Å²) in [5, 5.41) is 3.50. The maximum absolute atomic E-state index is 3.50. The molecule has 1 aliphatic heterocycles. The first-order valence-corrected chi connectivity index (χ1v) is 8.12. The molecule has 0 amide bonds. The summed E-state index contributed by atoms with van der Waals surface area (Å²) < 4.78 is 1.13. The van der Waals surface area contributed by atoms with Gasteiger partial charge < -0.3 is 10.2 Å². The minimum atomic E-state index is 0.591. The third-order valence-corrected chi connectivity index (χ3v) is 4.99. The van der Waals surface area contributed by atoms with E-state index in [1.807, 2.05) is 0 Å². The Balaban J connectivity index is 1.70. The molecule has 1 saturated heterocycles. The van der Waals surface area contributed by atoms with Crippen molar-refractivity contribution in [2.24, 2.45) is 5.41 Å². The molecule has 1 fully saturated rings. The molecule has 0 radical (unpaired) electrons. The molecule has 2 nitrogen and oxygen atoms in total. The number of hydrogen-bond donors (Lipinski definition) is 1. The van der Waals surface area contributed by atoms with Crippen LogP contribution in [0.4, 0.5) is 5.69 Å². The minimum absolute atomic E-state index is 0.591. The van der Waals surface area contributed by atoms with Crippen LogP contribution in [0.5, 0.6) is 0 Å². The van der Waals surface area contributed by atoms with Gasteiger partial charge in [0.15, 0.2) is 0 Å². The van der Waals surface area contributed by atoms with Crippen molar-refractivity contribution >= 4 is 21.6 Å². The van der Waals surface area contributed by atoms with Crippen LogP contribution in [0, 0.1) is 5.41 Å². The highest BCUT2D eigenvalue weighted by atomic mass is 79.9. The summed E-state index contributed by atoms with van der Waals surface area (Å²) in [6, 6.07) is 8.38. The molecule has 1 aromatic carbocycles. The van der Waals surface area contributed by atoms with Gasteiger partial charge in [-0.3, -0.25) is 0 Å². The number of likely N-dealkylation sites (tertiary alicyclic amines) is 1. The van der Waals surface area contributed by atoms with E-state index in [4.69, 9.17) is 0 Å². The standard InChI is InChI=1S/C16H25BrN2/c1-3-16(2)7-10-19(11-8-16)12-9-18-15-6-4-5-14(17)13-15/h4-6,13,18H,3,7-12H2,1-2H3. The van der Waals surface area contributed by atoms with Crippen molar-refractivity contribution < 1.29 is 0 Å². The quantitative estimate of drug-likeness (QED) is 0.865. The van der Waals surface area contributed by atoms with Crippen LogP contribution >= 0.6 is 15.9 Å². The first-order valence-electron chi connectivity index (χ1n) is 7.33. The second-order valence-corrected chi connectivity index (χ2v) is 6.86. The van der Waals surface area contributed by atoms with Crippen molar-refractivity contribution in [3.8, 4) is 0 Å². The predicted molar refractivity (Wildman–Crippen MR) is 86.7 cm³/mol. The molecule has 1 aromatic rings. The Morgan fingerprint density at radius 2 is 2.05 bits per heavy atom. The third kappa shape index (κ3) is 4.50. The highest BCUT2D eigenvalue weighted by Gasteiger charge is 2.27. The van der Waals surface area contributed by atoms with E-state index in [9.17, 15) is 0 Å². The number of nitrogens with one attached hydrogen (secondary N) is 1. The van der Waals surface area contributed by atoms with Gasteiger partial charge in [-0.05, 0) is 49.5 Å². The van der Waals surface area contributed by atoms with Gasteiger partial charge >= 0.3 is 0 Å². The Morgan fingerprint density at radius 1 is 1.32 bits per heavy atom. The van der Waals surface area contributed by atoms with Crippen molar-refractivity contribution in [3.05, 3.63) is 28.7 Å². The van der Waals surface area contributed by atoms with Crippen LogP contribution in [0.2, 0.25) is 0 Å². The molecule has 0 unspecified atom stereocenters. The molecule has 1 aliphatic rings. The summed E-state index contributed by atoms with van der Waals surface area (Å²) in [6.07, 6.45) is 4.01. The van der Waals surface area contributed by atoms with Gasteiger partial charge in [0.2, 0.25) is 0 Å². The number of piperidine rings is 1. The van der Waals surface area contributed by atoms with E-state index in [2.05, 4.69) is 64.3 Å². The number of benzene rings is 1. The first kappa shape index (κ1) is 14.9. The fourth-order valence-corrected chi connectivity index (χ4v) is 3.03. The van der Waals surface area contributed by atoms with E-state index >= 15 is 0 Å². The maximum Gasteiger partial charge on any atom is 0.0351 e. The van der Waals surface area contributed by atoms with Crippen LogP contribution in [-0.2, 0) is 0 Å². The van der Waals surface area contributed by atoms with Gasteiger partial charge in [-0.15, -0.1) is 0 Å². The van der Waals surface area contributed by atoms with Crippen LogP contribution in [0.15, 0.2) is 28.7 Å². The zero-order valence-electron chi connectivity index (χ0n) is 12.1. The van der Waals surface area contributed by atoms with E-state index in [1.165, 1.54) is 38.0 Å². The SMILES string of the molecule is CCC1(C)CCN(CCNc2cccc(Br)c2)CC1. The summed E-state index contributed by atoms with van der Waals surface area (Å²) in [4.78, 5) is 2.59. The average molecular weight is 325 g/mol. The topological polar surface area (TPSA) is 15.3 Å². The zero-order chi connectivity index (χ0) is 13.7. The molecular formula is C16H25BrN2. The fraction of sp³-hybridized carbons (Fsp3) is 0.625. The van der Waals surface area contributed by atoms with Gasteiger partial charge in [-0.1, -0.05) is 42.3 Å². The maximum atomic E-state index is 3.50. The Bertz CT molecular complexity index is 397. The molecular weight excluding hydrogens is 300 g/mol. The molecule has 0 aliphatic carbocycles. The molecule has 3 heteroatoms. The molecule has 19 heavy (non-hydrogen) atoms. The highest BCUT2D eigenvalue weighted by molar-refractivity contribution is 9.10. The molecule has 1 N–H and O–H groups in total. The molecule has 0 spiro atoms. The Kier molecular flexibility index (Phi) is 5.28. The normalized spacial score (nSPS) is 19.3. The minimum Gasteiger partial charge on any atom is -0.384 e. The van der Waals surface area contributed by atoms with Gasteiger partial charge in [0.25, 0.3) is 0 Å². The first-order chi connectivity index (χ1) is 9.11. The van der Waals surface area contributed by atoms with Gasteiger partial charge in [-0.2, -0.15) is 0 Å². The van der Waals surface area contributed by atoms with Crippen LogP contribution in [0.25, 0.3) is 0 Å². The lowest BCUT2D eigenvalue weighted by Crippen LogP contribution is -2.40. The van der Waals surface area contributed by atoms with E-state index in [0.717, 1.165) is 17.6 Å². The van der Waals surface area contributed by atoms with E-state index in [-0.39, 0.29) is 0 Å². The van der Waals surface area contributed by atoms with Crippen molar-refractivity contribution in [3.63, 3.8) is 0 Å². The second-order valence-electron chi connectivity index (χ2n) is 5.94. The largest absolute Gasteiger partial charge is 0.384 e. The van der Waals surface area contributed by atoms with E-state index in [1.54, 1.807) is 0 Å². The molecule has 0 atom stereocenters. The summed E-state index contributed by atoms with van der Waals surface area (Å²) in [7, 11) is 0. The van der Waals surface area contributed by atoms with Gasteiger partial charge in [0, 0.05) is 23.2 Å². The van der Waals surface area contributed by atoms with Crippen molar-refractivity contribution in [1.82, 2.24) is 4.90 Å². The predicted octanol–water partition coefficient (Wildman–Crippen LogP) is 4.37. The molecule has 0 saturated carbocycles. The van der Waals surface area contributed by atoms with E-state index in [0.29, 0.717) is 5.41 Å². The lowest BCUT2D eigenvalue weighted by atomic mass is 9.78. The average Bonchev–Trinajstić information content (AvgIpc) is 2.41. The van der Waals surface area contributed by atoms with Crippen molar-refractivity contribution in [2.45, 2.75) is 33.1 Å². The smallest absolute Gasteiger partial charge is 0.0351 e. The van der Waals surface area contributed by atoms with Gasteiger partial charge in [-0.25, -0.2) is 0 Å². The number of rotatable bonds is 5. The molecule has 1 heterocycles. The summed E-state index contributed by atoms with van der Waals surface area (Å²) in [6.45, 7) is 9.44. The van der Waals surface area contributed by atoms with Gasteiger partial charge in [0.1, 0.15) is 0 Å².